The SMILES string of the molecule is O=C(NC[C@@H](O)CN1CCc2ccccc2C1)c1cn2c(n1)CCC(NC(=O)C1CCOCC1)C2. The third-order valence-corrected chi connectivity index (χ3v) is 7.34. The Kier molecular flexibility index (Phi) is 7.46. The van der Waals surface area contributed by atoms with Gasteiger partial charge in [0.2, 0.25) is 5.91 Å². The first-order valence-corrected chi connectivity index (χ1v) is 12.7. The number of aliphatic hydroxyl groups excluding tert-OH is 1. The van der Waals surface area contributed by atoms with Crippen LogP contribution >= 0.6 is 0 Å². The summed E-state index contributed by atoms with van der Waals surface area (Å²) in [5.41, 5.74) is 3.04. The molecule has 1 aromatic heterocycles. The molecule has 0 spiro atoms. The van der Waals surface area contributed by atoms with Crippen LogP contribution < -0.4 is 10.6 Å². The molecule has 35 heavy (non-hydrogen) atoms. The second kappa shape index (κ2) is 10.9. The first-order chi connectivity index (χ1) is 17.0. The van der Waals surface area contributed by atoms with Gasteiger partial charge in [-0.3, -0.25) is 14.5 Å². The van der Waals surface area contributed by atoms with Gasteiger partial charge in [0.15, 0.2) is 0 Å². The highest BCUT2D eigenvalue weighted by molar-refractivity contribution is 5.92. The van der Waals surface area contributed by atoms with Gasteiger partial charge in [0.05, 0.1) is 6.10 Å². The van der Waals surface area contributed by atoms with Crippen molar-refractivity contribution in [3.63, 3.8) is 0 Å². The fraction of sp³-hybridized carbons (Fsp3) is 0.577. The first kappa shape index (κ1) is 24.0. The maximum atomic E-state index is 12.7. The summed E-state index contributed by atoms with van der Waals surface area (Å²) in [7, 11) is 0. The van der Waals surface area contributed by atoms with Gasteiger partial charge in [0.1, 0.15) is 11.5 Å². The van der Waals surface area contributed by atoms with E-state index < -0.39 is 6.10 Å². The van der Waals surface area contributed by atoms with Gasteiger partial charge >= 0.3 is 0 Å². The summed E-state index contributed by atoms with van der Waals surface area (Å²) in [6.07, 6.45) is 5.16. The van der Waals surface area contributed by atoms with Gasteiger partial charge in [-0.15, -0.1) is 0 Å². The van der Waals surface area contributed by atoms with Crippen LogP contribution in [0.2, 0.25) is 0 Å². The predicted molar refractivity (Wildman–Crippen MR) is 130 cm³/mol. The maximum absolute atomic E-state index is 12.7. The van der Waals surface area contributed by atoms with Crippen molar-refractivity contribution in [2.24, 2.45) is 5.92 Å². The van der Waals surface area contributed by atoms with Crippen molar-refractivity contribution in [1.29, 1.82) is 0 Å². The molecular formula is C26H35N5O4. The number of hydrogen-bond donors (Lipinski definition) is 3. The largest absolute Gasteiger partial charge is 0.390 e. The fourth-order valence-corrected chi connectivity index (χ4v) is 5.32. The number of carbonyl (C=O) groups excluding carboxylic acids is 2. The molecule has 0 bridgehead atoms. The molecule has 3 aliphatic heterocycles. The predicted octanol–water partition coefficient (Wildman–Crippen LogP) is 0.890. The highest BCUT2D eigenvalue weighted by Crippen LogP contribution is 2.20. The van der Waals surface area contributed by atoms with Crippen LogP contribution in [-0.2, 0) is 35.5 Å². The zero-order chi connectivity index (χ0) is 24.2. The lowest BCUT2D eigenvalue weighted by atomic mass is 9.98. The van der Waals surface area contributed by atoms with Gasteiger partial charge in [0, 0.05) is 70.5 Å². The molecule has 2 aromatic rings. The summed E-state index contributed by atoms with van der Waals surface area (Å²) < 4.78 is 7.32. The van der Waals surface area contributed by atoms with Crippen molar-refractivity contribution in [1.82, 2.24) is 25.1 Å². The number of amides is 2. The maximum Gasteiger partial charge on any atom is 0.271 e. The van der Waals surface area contributed by atoms with E-state index in [0.29, 0.717) is 38.4 Å². The zero-order valence-electron chi connectivity index (χ0n) is 20.1. The molecule has 0 radical (unpaired) electrons. The molecule has 1 fully saturated rings. The lowest BCUT2D eigenvalue weighted by Gasteiger charge is -2.30. The van der Waals surface area contributed by atoms with Crippen LogP contribution in [0.3, 0.4) is 0 Å². The van der Waals surface area contributed by atoms with Crippen LogP contribution in [0.25, 0.3) is 0 Å². The van der Waals surface area contributed by atoms with Crippen LogP contribution in [0.5, 0.6) is 0 Å². The molecule has 1 aromatic carbocycles. The molecule has 5 rings (SSSR count). The summed E-state index contributed by atoms with van der Waals surface area (Å²) in [6.45, 7) is 4.33. The topological polar surface area (TPSA) is 109 Å². The number of imidazole rings is 1. The lowest BCUT2D eigenvalue weighted by molar-refractivity contribution is -0.128. The summed E-state index contributed by atoms with van der Waals surface area (Å²) in [5, 5.41) is 16.5. The van der Waals surface area contributed by atoms with E-state index >= 15 is 0 Å². The van der Waals surface area contributed by atoms with E-state index in [0.717, 1.165) is 44.6 Å². The number of aryl methyl sites for hydroxylation is 1. The number of hydrogen-bond acceptors (Lipinski definition) is 6. The number of fused-ring (bicyclic) bond motifs is 2. The number of nitrogens with zero attached hydrogens (tertiary/aromatic N) is 3. The minimum absolute atomic E-state index is 0.0281. The fourth-order valence-electron chi connectivity index (χ4n) is 5.32. The van der Waals surface area contributed by atoms with Crippen LogP contribution in [0, 0.1) is 5.92 Å². The Labute approximate surface area is 205 Å². The van der Waals surface area contributed by atoms with Crippen LogP contribution in [-0.4, -0.2) is 76.4 Å². The van der Waals surface area contributed by atoms with Gasteiger partial charge in [-0.05, 0) is 36.8 Å². The van der Waals surface area contributed by atoms with Gasteiger partial charge in [-0.25, -0.2) is 4.98 Å². The second-order valence-corrected chi connectivity index (χ2v) is 9.94. The Morgan fingerprint density at radius 3 is 2.77 bits per heavy atom. The molecule has 0 saturated carbocycles. The van der Waals surface area contributed by atoms with Crippen LogP contribution in [0.1, 0.15) is 46.7 Å². The summed E-state index contributed by atoms with van der Waals surface area (Å²) in [6, 6.07) is 8.45. The van der Waals surface area contributed by atoms with Crippen molar-refractivity contribution in [3.05, 3.63) is 53.1 Å². The highest BCUT2D eigenvalue weighted by atomic mass is 16.5. The molecule has 188 valence electrons. The summed E-state index contributed by atoms with van der Waals surface area (Å²) >= 11 is 0. The molecule has 2 atom stereocenters. The van der Waals surface area contributed by atoms with E-state index in [1.54, 1.807) is 6.20 Å². The zero-order valence-corrected chi connectivity index (χ0v) is 20.1. The molecular weight excluding hydrogens is 446 g/mol. The van der Waals surface area contributed by atoms with Crippen molar-refractivity contribution in [2.45, 2.75) is 57.3 Å². The molecule has 0 aliphatic carbocycles. The van der Waals surface area contributed by atoms with E-state index in [-0.39, 0.29) is 30.3 Å². The average Bonchev–Trinajstić information content (AvgIpc) is 3.31. The number of ether oxygens (including phenoxy) is 1. The molecule has 3 N–H and O–H groups in total. The number of β-amino-alcohol motifs (C(OH)–C–C–N with tert-alkyl or cyclic N) is 1. The third-order valence-electron chi connectivity index (χ3n) is 7.34. The van der Waals surface area contributed by atoms with E-state index in [4.69, 9.17) is 4.74 Å². The Hall–Kier alpha value is -2.75. The normalized spacial score (nSPS) is 21.6. The number of benzene rings is 1. The molecule has 1 unspecified atom stereocenters. The third kappa shape index (κ3) is 5.91. The van der Waals surface area contributed by atoms with Crippen molar-refractivity contribution >= 4 is 11.8 Å². The molecule has 9 nitrogen and oxygen atoms in total. The number of aliphatic hydroxyl groups is 1. The van der Waals surface area contributed by atoms with Gasteiger partial charge in [0.25, 0.3) is 5.91 Å². The van der Waals surface area contributed by atoms with Crippen LogP contribution in [0.15, 0.2) is 30.5 Å². The Bertz CT molecular complexity index is 1050. The number of rotatable bonds is 7. The van der Waals surface area contributed by atoms with Gasteiger partial charge < -0.3 is 25.0 Å². The first-order valence-electron chi connectivity index (χ1n) is 12.7. The second-order valence-electron chi connectivity index (χ2n) is 9.94. The monoisotopic (exact) mass is 481 g/mol. The smallest absolute Gasteiger partial charge is 0.271 e. The molecule has 4 heterocycles. The summed E-state index contributed by atoms with van der Waals surface area (Å²) in [4.78, 5) is 32.0. The number of nitrogens with one attached hydrogen (secondary N) is 2. The van der Waals surface area contributed by atoms with Gasteiger partial charge in [-0.2, -0.15) is 0 Å². The molecule has 9 heteroatoms. The summed E-state index contributed by atoms with van der Waals surface area (Å²) in [5.74, 6) is 0.711. The van der Waals surface area contributed by atoms with Crippen molar-refractivity contribution < 1.29 is 19.4 Å². The van der Waals surface area contributed by atoms with Gasteiger partial charge in [-0.1, -0.05) is 24.3 Å². The quantitative estimate of drug-likeness (QED) is 0.542. The number of carbonyl (C=O) groups is 2. The van der Waals surface area contributed by atoms with Crippen molar-refractivity contribution in [2.75, 3.05) is 32.8 Å². The minimum atomic E-state index is -0.647. The molecule has 3 aliphatic rings. The average molecular weight is 482 g/mol. The lowest BCUT2D eigenvalue weighted by Crippen LogP contribution is -2.44. The Balaban J connectivity index is 1.08. The molecule has 1 saturated heterocycles. The van der Waals surface area contributed by atoms with E-state index in [2.05, 4.69) is 38.7 Å². The van der Waals surface area contributed by atoms with E-state index in [1.165, 1.54) is 11.1 Å². The Morgan fingerprint density at radius 1 is 1.14 bits per heavy atom. The van der Waals surface area contributed by atoms with Crippen LogP contribution in [0.4, 0.5) is 0 Å². The molecule has 2 amide bonds. The standard InChI is InChI=1S/C26H35N5O4/c32-22(16-30-10-7-18-3-1-2-4-20(18)14-30)13-27-26(34)23-17-31-15-21(5-6-24(31)29-23)28-25(33)19-8-11-35-12-9-19/h1-4,17,19,21-22,32H,5-16H2,(H,27,34)(H,28,33)/t21?,22-/m1/s1. The minimum Gasteiger partial charge on any atom is -0.390 e. The van der Waals surface area contributed by atoms with Crippen molar-refractivity contribution in [3.8, 4) is 0 Å². The number of aromatic nitrogens is 2. The van der Waals surface area contributed by atoms with E-state index in [9.17, 15) is 14.7 Å². The van der Waals surface area contributed by atoms with E-state index in [1.807, 2.05) is 10.6 Å². The highest BCUT2D eigenvalue weighted by Gasteiger charge is 2.27. The Morgan fingerprint density at radius 2 is 1.94 bits per heavy atom.